The van der Waals surface area contributed by atoms with Crippen molar-refractivity contribution in [3.8, 4) is 11.5 Å². The van der Waals surface area contributed by atoms with E-state index in [9.17, 15) is 35.1 Å². The van der Waals surface area contributed by atoms with Crippen LogP contribution in [0.1, 0.15) is 54.9 Å². The Labute approximate surface area is 250 Å². The Hall–Kier alpha value is -3.48. The van der Waals surface area contributed by atoms with Crippen LogP contribution in [0.3, 0.4) is 0 Å². The molecule has 0 unspecified atom stereocenters. The molecule has 0 saturated carbocycles. The number of phenolic OH excluding ortho intramolecular Hbond substituents is 1. The summed E-state index contributed by atoms with van der Waals surface area (Å²) in [6.45, 7) is 2.50. The number of methoxy groups -OCH3 is 1. The molecule has 11 heteroatoms. The number of aliphatic hydroxyl groups excluding tert-OH is 4. The smallest absolute Gasteiger partial charge is 0.334 e. The zero-order valence-electron chi connectivity index (χ0n) is 24.5. The number of carbonyl (C=O) groups excluding carboxylic acids is 2. The highest BCUT2D eigenvalue weighted by Crippen LogP contribution is 2.42. The lowest BCUT2D eigenvalue weighted by molar-refractivity contribution is -0.285. The van der Waals surface area contributed by atoms with Crippen molar-refractivity contribution < 1.29 is 54.1 Å². The number of aryl methyl sites for hydroxylation is 1. The van der Waals surface area contributed by atoms with Gasteiger partial charge >= 0.3 is 11.9 Å². The van der Waals surface area contributed by atoms with Gasteiger partial charge in [-0.25, -0.2) is 4.79 Å². The zero-order chi connectivity index (χ0) is 31.3. The average molecular weight is 601 g/mol. The number of benzene rings is 2. The van der Waals surface area contributed by atoms with E-state index in [1.807, 2.05) is 18.2 Å². The van der Waals surface area contributed by atoms with Crippen molar-refractivity contribution in [1.82, 2.24) is 0 Å². The summed E-state index contributed by atoms with van der Waals surface area (Å²) in [6, 6.07) is 10.5. The SMILES string of the molecule is COc1cc(C=C(C[C@@H]2c3cc(CCO)ccc3CC[C@@H]2CO)C(=O)O[C@@H]2[C@H](OC(C)=O)[C@@H](O)[C@@H](C)O[C@H]2O)ccc1O. The predicted molar refractivity (Wildman–Crippen MR) is 154 cm³/mol. The fourth-order valence-electron chi connectivity index (χ4n) is 5.87. The number of esters is 2. The predicted octanol–water partition coefficient (Wildman–Crippen LogP) is 1.99. The van der Waals surface area contributed by atoms with E-state index in [4.69, 9.17) is 18.9 Å². The molecule has 1 heterocycles. The van der Waals surface area contributed by atoms with Crippen LogP contribution in [-0.2, 0) is 36.6 Å². The van der Waals surface area contributed by atoms with Crippen molar-refractivity contribution in [2.24, 2.45) is 5.92 Å². The minimum atomic E-state index is -1.68. The molecule has 0 radical (unpaired) electrons. The summed E-state index contributed by atoms with van der Waals surface area (Å²) in [4.78, 5) is 25.7. The highest BCUT2D eigenvalue weighted by Gasteiger charge is 2.48. The highest BCUT2D eigenvalue weighted by molar-refractivity contribution is 5.94. The molecule has 234 valence electrons. The number of hydrogen-bond acceptors (Lipinski definition) is 11. The van der Waals surface area contributed by atoms with Gasteiger partial charge in [-0.15, -0.1) is 0 Å². The molecule has 2 aliphatic rings. The van der Waals surface area contributed by atoms with Crippen molar-refractivity contribution in [2.45, 2.75) is 76.2 Å². The van der Waals surface area contributed by atoms with Crippen LogP contribution in [0.25, 0.3) is 6.08 Å². The first kappa shape index (κ1) is 32.4. The van der Waals surface area contributed by atoms with Crippen molar-refractivity contribution in [3.05, 3.63) is 64.2 Å². The third kappa shape index (κ3) is 7.54. The summed E-state index contributed by atoms with van der Waals surface area (Å²) in [7, 11) is 1.40. The molecule has 7 atom stereocenters. The lowest BCUT2D eigenvalue weighted by Gasteiger charge is -2.40. The monoisotopic (exact) mass is 600 g/mol. The Morgan fingerprint density at radius 3 is 2.51 bits per heavy atom. The van der Waals surface area contributed by atoms with E-state index in [1.165, 1.54) is 20.1 Å². The second-order valence-electron chi connectivity index (χ2n) is 11.1. The molecule has 2 aromatic carbocycles. The van der Waals surface area contributed by atoms with Crippen molar-refractivity contribution >= 4 is 18.0 Å². The Bertz CT molecular complexity index is 1320. The molecular formula is C32H40O11. The number of aliphatic hydroxyl groups is 4. The Balaban J connectivity index is 1.74. The van der Waals surface area contributed by atoms with Gasteiger partial charge in [0.25, 0.3) is 0 Å². The Morgan fingerprint density at radius 2 is 1.84 bits per heavy atom. The maximum atomic E-state index is 13.9. The first-order valence-electron chi connectivity index (χ1n) is 14.4. The first-order valence-corrected chi connectivity index (χ1v) is 14.4. The summed E-state index contributed by atoms with van der Waals surface area (Å²) in [6.07, 6.45) is -3.25. The zero-order valence-corrected chi connectivity index (χ0v) is 24.5. The molecule has 1 aliphatic heterocycles. The van der Waals surface area contributed by atoms with Crippen LogP contribution < -0.4 is 4.74 Å². The molecule has 5 N–H and O–H groups in total. The van der Waals surface area contributed by atoms with Gasteiger partial charge in [0, 0.05) is 25.7 Å². The van der Waals surface area contributed by atoms with Gasteiger partial charge in [0.1, 0.15) is 6.10 Å². The van der Waals surface area contributed by atoms with Gasteiger partial charge in [0.15, 0.2) is 30.0 Å². The number of hydrogen-bond donors (Lipinski definition) is 5. The molecular weight excluding hydrogens is 560 g/mol. The maximum absolute atomic E-state index is 13.9. The minimum Gasteiger partial charge on any atom is -0.504 e. The normalized spacial score (nSPS) is 27.2. The lowest BCUT2D eigenvalue weighted by atomic mass is 9.72. The van der Waals surface area contributed by atoms with Crippen LogP contribution >= 0.6 is 0 Å². The van der Waals surface area contributed by atoms with Crippen molar-refractivity contribution in [2.75, 3.05) is 20.3 Å². The van der Waals surface area contributed by atoms with Gasteiger partial charge in [0.05, 0.1) is 13.2 Å². The van der Waals surface area contributed by atoms with E-state index in [-0.39, 0.29) is 48.5 Å². The van der Waals surface area contributed by atoms with Gasteiger partial charge < -0.3 is 44.5 Å². The van der Waals surface area contributed by atoms with E-state index in [2.05, 4.69) is 0 Å². The second kappa shape index (κ2) is 14.3. The molecule has 1 saturated heterocycles. The van der Waals surface area contributed by atoms with E-state index in [0.29, 0.717) is 18.4 Å². The standard InChI is InChI=1S/C32H40O11/c1-17-28(37)29(42-18(2)35)30(32(39)41-17)43-31(38)23(12-20-5-9-26(36)27(14-20)40-3)15-25-22(16-34)8-7-21-6-4-19(10-11-33)13-24(21)25/h4-6,9,12-14,17,22,25,28-30,32-34,36-37,39H,7-8,10-11,15-16H2,1-3H3/t17-,22-,25+,28+,29-,30-,32-/m1/s1. The quantitative estimate of drug-likeness (QED) is 0.199. The van der Waals surface area contributed by atoms with Crippen LogP contribution in [0.4, 0.5) is 0 Å². The molecule has 0 spiro atoms. The molecule has 1 fully saturated rings. The van der Waals surface area contributed by atoms with Crippen LogP contribution in [0.2, 0.25) is 0 Å². The van der Waals surface area contributed by atoms with E-state index in [0.717, 1.165) is 30.0 Å². The number of fused-ring (bicyclic) bond motifs is 1. The van der Waals surface area contributed by atoms with Crippen LogP contribution in [0.15, 0.2) is 42.0 Å². The summed E-state index contributed by atoms with van der Waals surface area (Å²) in [5.74, 6) is -1.96. The fraction of sp³-hybridized carbons (Fsp3) is 0.500. The van der Waals surface area contributed by atoms with Crippen LogP contribution in [-0.4, -0.2) is 88.5 Å². The third-order valence-electron chi connectivity index (χ3n) is 8.17. The number of carbonyl (C=O) groups is 2. The molecule has 11 nitrogen and oxygen atoms in total. The van der Waals surface area contributed by atoms with E-state index >= 15 is 0 Å². The van der Waals surface area contributed by atoms with Gasteiger partial charge in [-0.2, -0.15) is 0 Å². The third-order valence-corrected chi connectivity index (χ3v) is 8.17. The highest BCUT2D eigenvalue weighted by atomic mass is 16.7. The molecule has 0 amide bonds. The molecule has 1 aliphatic carbocycles. The minimum absolute atomic E-state index is 0.0210. The maximum Gasteiger partial charge on any atom is 0.334 e. The molecule has 0 bridgehead atoms. The average Bonchev–Trinajstić information content (AvgIpc) is 2.98. The largest absolute Gasteiger partial charge is 0.504 e. The Morgan fingerprint density at radius 1 is 1.07 bits per heavy atom. The summed E-state index contributed by atoms with van der Waals surface area (Å²) in [5, 5.41) is 51.2. The number of ether oxygens (including phenoxy) is 4. The van der Waals surface area contributed by atoms with Gasteiger partial charge in [0.2, 0.25) is 0 Å². The van der Waals surface area contributed by atoms with E-state index in [1.54, 1.807) is 18.2 Å². The Kier molecular flexibility index (Phi) is 10.8. The van der Waals surface area contributed by atoms with Gasteiger partial charge in [-0.05, 0) is 84.9 Å². The van der Waals surface area contributed by atoms with Crippen LogP contribution in [0, 0.1) is 5.92 Å². The van der Waals surface area contributed by atoms with Crippen molar-refractivity contribution in [1.29, 1.82) is 0 Å². The number of phenols is 1. The summed E-state index contributed by atoms with van der Waals surface area (Å²) >= 11 is 0. The second-order valence-corrected chi connectivity index (χ2v) is 11.1. The molecule has 43 heavy (non-hydrogen) atoms. The molecule has 4 rings (SSSR count). The summed E-state index contributed by atoms with van der Waals surface area (Å²) in [5.41, 5.74) is 3.65. The number of aromatic hydroxyl groups is 1. The van der Waals surface area contributed by atoms with Crippen LogP contribution in [0.5, 0.6) is 11.5 Å². The van der Waals surface area contributed by atoms with Gasteiger partial charge in [-0.1, -0.05) is 24.3 Å². The van der Waals surface area contributed by atoms with Crippen molar-refractivity contribution in [3.63, 3.8) is 0 Å². The molecule has 2 aromatic rings. The first-order chi connectivity index (χ1) is 20.6. The molecule has 0 aromatic heterocycles. The van der Waals surface area contributed by atoms with Gasteiger partial charge in [-0.3, -0.25) is 4.79 Å². The number of rotatable bonds is 10. The van der Waals surface area contributed by atoms with E-state index < -0.39 is 42.6 Å². The lowest BCUT2D eigenvalue weighted by Crippen LogP contribution is -2.59. The topological polar surface area (TPSA) is 172 Å². The fourth-order valence-corrected chi connectivity index (χ4v) is 5.87. The summed E-state index contributed by atoms with van der Waals surface area (Å²) < 4.78 is 21.5.